The fourth-order valence-electron chi connectivity index (χ4n) is 6.23. The quantitative estimate of drug-likeness (QED) is 0.0703. The van der Waals surface area contributed by atoms with E-state index in [2.05, 4.69) is 26.3 Å². The Morgan fingerprint density at radius 1 is 0.754 bits per heavy atom. The lowest BCUT2D eigenvalue weighted by atomic mass is 9.95. The SMILES string of the molecule is Bc1ccc(CN(c2cc(C(=O)NC(C)c3cccnc3)cc(C(=O)N[C@H](CN[C@@H](C)C(=O)N[C@H](C)c3ccc(N)cc3)Cc3ccccc3)c2)S(C)(=O)=O)cc1. The van der Waals surface area contributed by atoms with Crippen molar-refractivity contribution in [1.82, 2.24) is 26.3 Å². The van der Waals surface area contributed by atoms with Crippen molar-refractivity contribution in [3.8, 4) is 0 Å². The summed E-state index contributed by atoms with van der Waals surface area (Å²) in [4.78, 5) is 45.4. The minimum Gasteiger partial charge on any atom is -0.399 e. The Kier molecular flexibility index (Phi) is 14.2. The van der Waals surface area contributed by atoms with E-state index in [9.17, 15) is 22.8 Å². The summed E-state index contributed by atoms with van der Waals surface area (Å²) in [5.74, 6) is -1.24. The second kappa shape index (κ2) is 19.2. The average Bonchev–Trinajstić information content (AvgIpc) is 3.19. The zero-order chi connectivity index (χ0) is 41.1. The van der Waals surface area contributed by atoms with Gasteiger partial charge in [0.25, 0.3) is 11.8 Å². The molecule has 296 valence electrons. The third-order valence-electron chi connectivity index (χ3n) is 9.63. The number of rotatable bonds is 17. The van der Waals surface area contributed by atoms with Crippen molar-refractivity contribution in [2.75, 3.05) is 22.8 Å². The van der Waals surface area contributed by atoms with Gasteiger partial charge in [-0.1, -0.05) is 78.3 Å². The number of nitrogens with zero attached hydrogens (tertiary/aromatic N) is 2. The number of nitrogens with one attached hydrogen (secondary N) is 4. The van der Waals surface area contributed by atoms with Gasteiger partial charge in [0.1, 0.15) is 7.85 Å². The molecule has 3 amide bonds. The van der Waals surface area contributed by atoms with Gasteiger partial charge in [-0.2, -0.15) is 0 Å². The summed E-state index contributed by atoms with van der Waals surface area (Å²) in [5, 5.41) is 12.3. The molecule has 4 aromatic carbocycles. The van der Waals surface area contributed by atoms with Crippen LogP contribution >= 0.6 is 0 Å². The number of anilines is 2. The molecule has 0 aliphatic heterocycles. The van der Waals surface area contributed by atoms with Crippen LogP contribution in [0.3, 0.4) is 0 Å². The third kappa shape index (κ3) is 12.3. The zero-order valence-electron chi connectivity index (χ0n) is 32.9. The molecule has 6 N–H and O–H groups in total. The second-order valence-electron chi connectivity index (χ2n) is 14.4. The van der Waals surface area contributed by atoms with E-state index in [0.717, 1.165) is 34.0 Å². The molecule has 0 bridgehead atoms. The molecular weight excluding hydrogens is 737 g/mol. The largest absolute Gasteiger partial charge is 0.399 e. The van der Waals surface area contributed by atoms with Crippen LogP contribution in [0.1, 0.15) is 75.8 Å². The van der Waals surface area contributed by atoms with Crippen LogP contribution in [-0.2, 0) is 27.8 Å². The van der Waals surface area contributed by atoms with Gasteiger partial charge in [0, 0.05) is 41.8 Å². The fraction of sp³-hybridized carbons (Fsp3) is 0.256. The third-order valence-corrected chi connectivity index (χ3v) is 10.8. The number of hydrogen-bond donors (Lipinski definition) is 5. The first kappa shape index (κ1) is 42.2. The highest BCUT2D eigenvalue weighted by Gasteiger charge is 2.25. The first-order chi connectivity index (χ1) is 27.2. The molecule has 1 unspecified atom stereocenters. The molecule has 0 spiro atoms. The van der Waals surface area contributed by atoms with Gasteiger partial charge in [-0.3, -0.25) is 23.7 Å². The van der Waals surface area contributed by atoms with Gasteiger partial charge < -0.3 is 27.0 Å². The van der Waals surface area contributed by atoms with Crippen molar-refractivity contribution in [3.63, 3.8) is 0 Å². The topological polar surface area (TPSA) is 176 Å². The van der Waals surface area contributed by atoms with E-state index in [1.165, 1.54) is 22.5 Å². The van der Waals surface area contributed by atoms with Gasteiger partial charge in [0.05, 0.1) is 36.6 Å². The number of pyridine rings is 1. The van der Waals surface area contributed by atoms with Crippen LogP contribution in [0.4, 0.5) is 11.4 Å². The summed E-state index contributed by atoms with van der Waals surface area (Å²) in [6.45, 7) is 5.66. The summed E-state index contributed by atoms with van der Waals surface area (Å²) in [6.07, 6.45) is 4.81. The summed E-state index contributed by atoms with van der Waals surface area (Å²) >= 11 is 0. The molecule has 5 rings (SSSR count). The molecule has 4 atom stereocenters. The smallest absolute Gasteiger partial charge is 0.251 e. The maximum absolute atomic E-state index is 14.3. The van der Waals surface area contributed by atoms with E-state index < -0.39 is 40.0 Å². The number of nitrogen functional groups attached to an aromatic ring is 1. The Morgan fingerprint density at radius 3 is 2.00 bits per heavy atom. The van der Waals surface area contributed by atoms with E-state index in [-0.39, 0.29) is 41.9 Å². The summed E-state index contributed by atoms with van der Waals surface area (Å²) in [6, 6.07) is 30.6. The molecule has 12 nitrogen and oxygen atoms in total. The standard InChI is InChI=1S/C43H50BN7O5S/c1-28(33-14-18-38(45)19-15-33)48-41(52)30(3)47-26-39(21-31-9-6-5-7-10-31)50-43(54)36-22-35(42(53)49-29(2)34-11-8-20-46-25-34)23-40(24-36)51(57(4,55)56)27-32-12-16-37(44)17-13-32/h5-20,22-25,28-30,39,47H,21,26-27,44-45H2,1-4H3,(H,48,52)(H,49,53)(H,50,54)/t28-,29?,30+,39+/m1/s1. The van der Waals surface area contributed by atoms with Crippen molar-refractivity contribution >= 4 is 52.4 Å². The number of sulfonamides is 1. The van der Waals surface area contributed by atoms with E-state index >= 15 is 0 Å². The van der Waals surface area contributed by atoms with E-state index in [1.54, 1.807) is 37.5 Å². The molecule has 0 fully saturated rings. The molecule has 57 heavy (non-hydrogen) atoms. The van der Waals surface area contributed by atoms with Crippen LogP contribution < -0.4 is 36.8 Å². The molecule has 1 aromatic heterocycles. The van der Waals surface area contributed by atoms with E-state index in [1.807, 2.05) is 94.5 Å². The molecule has 0 radical (unpaired) electrons. The Hall–Kier alpha value is -5.99. The highest BCUT2D eigenvalue weighted by atomic mass is 32.2. The van der Waals surface area contributed by atoms with Gasteiger partial charge in [0.2, 0.25) is 15.9 Å². The molecule has 0 aliphatic carbocycles. The average molecular weight is 788 g/mol. The maximum Gasteiger partial charge on any atom is 0.251 e. The Bertz CT molecular complexity index is 2240. The first-order valence-electron chi connectivity index (χ1n) is 18.8. The molecule has 0 saturated heterocycles. The highest BCUT2D eigenvalue weighted by molar-refractivity contribution is 7.92. The van der Waals surface area contributed by atoms with Crippen LogP contribution in [-0.4, -0.2) is 63.9 Å². The fourth-order valence-corrected chi connectivity index (χ4v) is 7.10. The second-order valence-corrected chi connectivity index (χ2v) is 16.3. The number of nitrogens with two attached hydrogens (primary N) is 1. The summed E-state index contributed by atoms with van der Waals surface area (Å²) < 4.78 is 27.9. The van der Waals surface area contributed by atoms with Crippen molar-refractivity contribution in [2.24, 2.45) is 0 Å². The minimum absolute atomic E-state index is 0.0191. The lowest BCUT2D eigenvalue weighted by Crippen LogP contribution is -2.49. The number of carbonyl (C=O) groups excluding carboxylic acids is 3. The lowest BCUT2D eigenvalue weighted by Gasteiger charge is -2.25. The summed E-state index contributed by atoms with van der Waals surface area (Å²) in [5.41, 5.74) is 11.2. The Morgan fingerprint density at radius 2 is 1.39 bits per heavy atom. The van der Waals surface area contributed by atoms with Crippen LogP contribution in [0.15, 0.2) is 122 Å². The molecule has 0 aliphatic rings. The molecule has 1 heterocycles. The van der Waals surface area contributed by atoms with Gasteiger partial charge >= 0.3 is 0 Å². The predicted octanol–water partition coefficient (Wildman–Crippen LogP) is 3.58. The Balaban J connectivity index is 1.42. The number of hydrogen-bond acceptors (Lipinski definition) is 8. The van der Waals surface area contributed by atoms with Crippen molar-refractivity contribution in [3.05, 3.63) is 155 Å². The number of aromatic nitrogens is 1. The van der Waals surface area contributed by atoms with Gasteiger partial charge in [-0.15, -0.1) is 0 Å². The molecule has 0 saturated carbocycles. The monoisotopic (exact) mass is 787 g/mol. The normalized spacial score (nSPS) is 13.4. The van der Waals surface area contributed by atoms with Crippen LogP contribution in [0.2, 0.25) is 0 Å². The van der Waals surface area contributed by atoms with Gasteiger partial charge in [0.15, 0.2) is 0 Å². The molecule has 5 aromatic rings. The number of amides is 3. The number of carbonyl (C=O) groups is 3. The minimum atomic E-state index is -3.89. The van der Waals surface area contributed by atoms with Crippen LogP contribution in [0, 0.1) is 0 Å². The highest BCUT2D eigenvalue weighted by Crippen LogP contribution is 2.25. The van der Waals surface area contributed by atoms with E-state index in [0.29, 0.717) is 12.1 Å². The maximum atomic E-state index is 14.3. The number of benzene rings is 4. The van der Waals surface area contributed by atoms with Gasteiger partial charge in [-0.25, -0.2) is 8.42 Å². The van der Waals surface area contributed by atoms with Crippen molar-refractivity contribution in [2.45, 2.75) is 57.9 Å². The van der Waals surface area contributed by atoms with Crippen molar-refractivity contribution in [1.29, 1.82) is 0 Å². The Labute approximate surface area is 336 Å². The first-order valence-corrected chi connectivity index (χ1v) is 20.6. The van der Waals surface area contributed by atoms with Gasteiger partial charge in [-0.05, 0) is 85.8 Å². The molecular formula is C43H50BN7O5S. The predicted molar refractivity (Wildman–Crippen MR) is 228 cm³/mol. The zero-order valence-corrected chi connectivity index (χ0v) is 33.7. The van der Waals surface area contributed by atoms with E-state index in [4.69, 9.17) is 5.73 Å². The lowest BCUT2D eigenvalue weighted by molar-refractivity contribution is -0.123. The van der Waals surface area contributed by atoms with Crippen LogP contribution in [0.5, 0.6) is 0 Å². The molecule has 14 heteroatoms. The summed E-state index contributed by atoms with van der Waals surface area (Å²) in [7, 11) is -1.95. The van der Waals surface area contributed by atoms with Crippen molar-refractivity contribution < 1.29 is 22.8 Å². The van der Waals surface area contributed by atoms with Crippen LogP contribution in [0.25, 0.3) is 0 Å².